The maximum atomic E-state index is 8.65. The van der Waals surface area contributed by atoms with Crippen LogP contribution in [0.3, 0.4) is 0 Å². The van der Waals surface area contributed by atoms with E-state index in [0.717, 1.165) is 4.47 Å². The molecule has 0 amide bonds. The number of rotatable bonds is 2. The first-order valence-corrected chi connectivity index (χ1v) is 4.47. The molecular formula is C9H9BrN2O. The zero-order valence-electron chi connectivity index (χ0n) is 7.12. The Morgan fingerprint density at radius 2 is 2.31 bits per heavy atom. The van der Waals surface area contributed by atoms with Crippen molar-refractivity contribution in [2.75, 3.05) is 7.11 Å². The normalized spacial score (nSPS) is 11.8. The molecule has 0 bridgehead atoms. The molecule has 2 N–H and O–H groups in total. The van der Waals surface area contributed by atoms with Gasteiger partial charge in [-0.25, -0.2) is 0 Å². The lowest BCUT2D eigenvalue weighted by Gasteiger charge is -2.09. The molecule has 0 saturated heterocycles. The van der Waals surface area contributed by atoms with E-state index in [4.69, 9.17) is 15.7 Å². The van der Waals surface area contributed by atoms with Gasteiger partial charge in [0.15, 0.2) is 0 Å². The minimum atomic E-state index is -0.646. The highest BCUT2D eigenvalue weighted by Crippen LogP contribution is 2.26. The van der Waals surface area contributed by atoms with Crippen LogP contribution in [0.5, 0.6) is 5.75 Å². The third kappa shape index (κ3) is 2.20. The predicted octanol–water partition coefficient (Wildman–Crippen LogP) is 1.98. The minimum absolute atomic E-state index is 0.636. The lowest BCUT2D eigenvalue weighted by molar-refractivity contribution is 0.408. The molecule has 0 aliphatic carbocycles. The van der Waals surface area contributed by atoms with Gasteiger partial charge in [-0.1, -0.05) is 15.9 Å². The summed E-state index contributed by atoms with van der Waals surface area (Å²) in [5, 5.41) is 8.65. The largest absolute Gasteiger partial charge is 0.496 e. The highest BCUT2D eigenvalue weighted by Gasteiger charge is 2.10. The molecule has 13 heavy (non-hydrogen) atoms. The number of nitriles is 1. The van der Waals surface area contributed by atoms with Gasteiger partial charge in [0.25, 0.3) is 0 Å². The molecule has 0 unspecified atom stereocenters. The maximum Gasteiger partial charge on any atom is 0.124 e. The quantitative estimate of drug-likeness (QED) is 0.861. The van der Waals surface area contributed by atoms with Crippen molar-refractivity contribution in [2.45, 2.75) is 6.04 Å². The Labute approximate surface area is 85.2 Å². The van der Waals surface area contributed by atoms with E-state index in [9.17, 15) is 0 Å². The van der Waals surface area contributed by atoms with Gasteiger partial charge < -0.3 is 10.5 Å². The van der Waals surface area contributed by atoms with Gasteiger partial charge in [-0.15, -0.1) is 0 Å². The first-order chi connectivity index (χ1) is 6.19. The molecule has 1 aromatic rings. The lowest BCUT2D eigenvalue weighted by atomic mass is 10.1. The van der Waals surface area contributed by atoms with Crippen LogP contribution in [-0.2, 0) is 0 Å². The Morgan fingerprint density at radius 3 is 2.85 bits per heavy atom. The first-order valence-electron chi connectivity index (χ1n) is 3.67. The number of hydrogen-bond donors (Lipinski definition) is 1. The van der Waals surface area contributed by atoms with Gasteiger partial charge in [0.05, 0.1) is 13.2 Å². The number of benzene rings is 1. The molecule has 3 nitrogen and oxygen atoms in total. The van der Waals surface area contributed by atoms with E-state index in [0.29, 0.717) is 11.3 Å². The number of hydrogen-bond acceptors (Lipinski definition) is 3. The topological polar surface area (TPSA) is 59.0 Å². The Morgan fingerprint density at radius 1 is 1.62 bits per heavy atom. The highest BCUT2D eigenvalue weighted by molar-refractivity contribution is 9.10. The fourth-order valence-electron chi connectivity index (χ4n) is 1.02. The molecule has 0 aromatic heterocycles. The molecule has 0 radical (unpaired) electrons. The summed E-state index contributed by atoms with van der Waals surface area (Å²) in [7, 11) is 1.55. The summed E-state index contributed by atoms with van der Waals surface area (Å²) in [6, 6.07) is 6.71. The Balaban J connectivity index is 3.17. The molecule has 4 heteroatoms. The number of halogens is 1. The third-order valence-electron chi connectivity index (χ3n) is 1.67. The van der Waals surface area contributed by atoms with Gasteiger partial charge >= 0.3 is 0 Å². The van der Waals surface area contributed by atoms with Crippen molar-refractivity contribution in [2.24, 2.45) is 5.73 Å². The second-order valence-corrected chi connectivity index (χ2v) is 3.41. The summed E-state index contributed by atoms with van der Waals surface area (Å²) in [4.78, 5) is 0. The third-order valence-corrected chi connectivity index (χ3v) is 2.16. The van der Waals surface area contributed by atoms with Crippen molar-refractivity contribution in [1.29, 1.82) is 5.26 Å². The van der Waals surface area contributed by atoms with Gasteiger partial charge in [-0.3, -0.25) is 0 Å². The van der Waals surface area contributed by atoms with Crippen LogP contribution in [0, 0.1) is 11.3 Å². The molecule has 0 heterocycles. The molecule has 0 spiro atoms. The van der Waals surface area contributed by atoms with Crippen LogP contribution in [0.4, 0.5) is 0 Å². The highest BCUT2D eigenvalue weighted by atomic mass is 79.9. The van der Waals surface area contributed by atoms with Crippen LogP contribution in [0.2, 0.25) is 0 Å². The predicted molar refractivity (Wildman–Crippen MR) is 53.2 cm³/mol. The van der Waals surface area contributed by atoms with Crippen molar-refractivity contribution in [1.82, 2.24) is 0 Å². The average Bonchev–Trinajstić information content (AvgIpc) is 2.16. The minimum Gasteiger partial charge on any atom is -0.496 e. The van der Waals surface area contributed by atoms with Crippen LogP contribution >= 0.6 is 15.9 Å². The number of nitrogens with zero attached hydrogens (tertiary/aromatic N) is 1. The standard InChI is InChI=1S/C9H9BrN2O/c1-13-9-3-2-6(10)4-7(9)8(12)5-11/h2-4,8H,12H2,1H3/t8-/m1/s1. The van der Waals surface area contributed by atoms with Gasteiger partial charge in [0.1, 0.15) is 11.8 Å². The maximum absolute atomic E-state index is 8.65. The van der Waals surface area contributed by atoms with Crippen molar-refractivity contribution in [3.8, 4) is 11.8 Å². The summed E-state index contributed by atoms with van der Waals surface area (Å²) in [5.41, 5.74) is 6.27. The number of ether oxygens (including phenoxy) is 1. The van der Waals surface area contributed by atoms with Crippen LogP contribution in [0.15, 0.2) is 22.7 Å². The lowest BCUT2D eigenvalue weighted by Crippen LogP contribution is -2.08. The van der Waals surface area contributed by atoms with E-state index in [2.05, 4.69) is 15.9 Å². The number of methoxy groups -OCH3 is 1. The van der Waals surface area contributed by atoms with E-state index >= 15 is 0 Å². The van der Waals surface area contributed by atoms with Gasteiger partial charge in [0, 0.05) is 10.0 Å². The van der Waals surface area contributed by atoms with E-state index in [-0.39, 0.29) is 0 Å². The first kappa shape index (κ1) is 10.0. The van der Waals surface area contributed by atoms with Gasteiger partial charge in [-0.2, -0.15) is 5.26 Å². The molecule has 0 aliphatic rings. The van der Waals surface area contributed by atoms with Crippen molar-refractivity contribution < 1.29 is 4.74 Å². The van der Waals surface area contributed by atoms with E-state index in [1.54, 1.807) is 19.2 Å². The second-order valence-electron chi connectivity index (χ2n) is 2.49. The monoisotopic (exact) mass is 240 g/mol. The number of nitrogens with two attached hydrogens (primary N) is 1. The van der Waals surface area contributed by atoms with Crippen molar-refractivity contribution in [3.05, 3.63) is 28.2 Å². The van der Waals surface area contributed by atoms with Gasteiger partial charge in [-0.05, 0) is 18.2 Å². The van der Waals surface area contributed by atoms with Gasteiger partial charge in [0.2, 0.25) is 0 Å². The summed E-state index contributed by atoms with van der Waals surface area (Å²) in [6.45, 7) is 0. The van der Waals surface area contributed by atoms with E-state index < -0.39 is 6.04 Å². The fraction of sp³-hybridized carbons (Fsp3) is 0.222. The summed E-state index contributed by atoms with van der Waals surface area (Å²) in [5.74, 6) is 0.636. The molecular weight excluding hydrogens is 232 g/mol. The van der Waals surface area contributed by atoms with E-state index in [1.165, 1.54) is 0 Å². The second kappa shape index (κ2) is 4.26. The summed E-state index contributed by atoms with van der Waals surface area (Å²) in [6.07, 6.45) is 0. The average molecular weight is 241 g/mol. The van der Waals surface area contributed by atoms with Crippen LogP contribution < -0.4 is 10.5 Å². The summed E-state index contributed by atoms with van der Waals surface area (Å²) >= 11 is 3.30. The zero-order chi connectivity index (χ0) is 9.84. The molecule has 68 valence electrons. The SMILES string of the molecule is COc1ccc(Br)cc1[C@H](N)C#N. The Bertz CT molecular complexity index is 346. The molecule has 1 rings (SSSR count). The molecule has 0 fully saturated rings. The van der Waals surface area contributed by atoms with Crippen molar-refractivity contribution in [3.63, 3.8) is 0 Å². The molecule has 0 saturated carbocycles. The molecule has 1 aromatic carbocycles. The smallest absolute Gasteiger partial charge is 0.124 e. The molecule has 0 aliphatic heterocycles. The summed E-state index contributed by atoms with van der Waals surface area (Å²) < 4.78 is 5.95. The molecule has 1 atom stereocenters. The van der Waals surface area contributed by atoms with Crippen LogP contribution in [0.25, 0.3) is 0 Å². The van der Waals surface area contributed by atoms with E-state index in [1.807, 2.05) is 12.1 Å². The van der Waals surface area contributed by atoms with Crippen LogP contribution in [0.1, 0.15) is 11.6 Å². The van der Waals surface area contributed by atoms with Crippen molar-refractivity contribution >= 4 is 15.9 Å². The zero-order valence-corrected chi connectivity index (χ0v) is 8.71. The Hall–Kier alpha value is -1.05. The van der Waals surface area contributed by atoms with Crippen LogP contribution in [-0.4, -0.2) is 7.11 Å². The Kier molecular flexibility index (Phi) is 3.29. The fourth-order valence-corrected chi connectivity index (χ4v) is 1.40.